The zero-order valence-electron chi connectivity index (χ0n) is 30.9. The molecule has 0 fully saturated rings. The third-order valence-electron chi connectivity index (χ3n) is 7.22. The third kappa shape index (κ3) is 15.5. The fourth-order valence-corrected chi connectivity index (χ4v) is 2.77. The first-order chi connectivity index (χ1) is 26.7. The second-order valence-corrected chi connectivity index (χ2v) is 12.1. The second kappa shape index (κ2) is 23.4. The standard InChI is InChI=1S/C11H7F17O.C8H10F8.C4H5F5O.C4H6F4.3CH4/c1-29-3-2-4(12,13)5(14,15)6(16,17)7(18,19)8(20,21)9(22,23)10(24,25)11(26,27)28;1-3-5(9,10)7(13,14)8(15,16)6(11,12)4-2;5-3(6,1-2-10)4(7,8)9;1-3(5,6)4(2,7)8;;;/h2-3H2,1H3;3-4H2,1-2H3;10H,1-2H2;1-2H3;3*1H4. The Hall–Kier alpha value is -2.46. The van der Waals surface area contributed by atoms with Gasteiger partial charge in [0.2, 0.25) is 0 Å². The Kier molecular flexibility index (Phi) is 27.6. The fraction of sp³-hybridized carbons (Fsp3) is 1.00. The number of halogens is 34. The monoisotopic (exact) mass is 1080 g/mol. The summed E-state index contributed by atoms with van der Waals surface area (Å²) in [7, 11) is 0.495. The van der Waals surface area contributed by atoms with Gasteiger partial charge in [0.25, 0.3) is 0 Å². The molecule has 0 aromatic heterocycles. The van der Waals surface area contributed by atoms with Crippen molar-refractivity contribution in [3.63, 3.8) is 0 Å². The topological polar surface area (TPSA) is 29.5 Å². The van der Waals surface area contributed by atoms with E-state index < -0.39 is 134 Å². The molecule has 1 N–H and O–H groups in total. The van der Waals surface area contributed by atoms with Gasteiger partial charge in [-0.25, -0.2) is 17.6 Å². The van der Waals surface area contributed by atoms with Gasteiger partial charge in [-0.15, -0.1) is 0 Å². The molecule has 2 nitrogen and oxygen atoms in total. The van der Waals surface area contributed by atoms with E-state index in [4.69, 9.17) is 5.11 Å². The van der Waals surface area contributed by atoms with E-state index in [1.165, 1.54) is 0 Å². The first-order valence-corrected chi connectivity index (χ1v) is 15.3. The molecule has 0 saturated carbocycles. The molecule has 410 valence electrons. The maximum atomic E-state index is 13.3. The van der Waals surface area contributed by atoms with Crippen molar-refractivity contribution in [2.45, 2.75) is 171 Å². The first kappa shape index (κ1) is 77.7. The molecule has 0 aliphatic rings. The summed E-state index contributed by atoms with van der Waals surface area (Å²) in [5.41, 5.74) is 0. The van der Waals surface area contributed by atoms with Crippen LogP contribution in [0, 0.1) is 0 Å². The third-order valence-corrected chi connectivity index (χ3v) is 7.22. The summed E-state index contributed by atoms with van der Waals surface area (Å²) in [6.45, 7) is -1.38. The van der Waals surface area contributed by atoms with Crippen molar-refractivity contribution in [3.8, 4) is 0 Å². The molecule has 0 aliphatic carbocycles. The molecule has 0 saturated heterocycles. The predicted octanol–water partition coefficient (Wildman–Crippen LogP) is 16.2. The number of aliphatic hydroxyl groups excluding tert-OH is 1. The number of rotatable bonds is 17. The van der Waals surface area contributed by atoms with Gasteiger partial charge in [-0.1, -0.05) is 36.1 Å². The Morgan fingerprint density at radius 2 is 0.545 bits per heavy atom. The Labute approximate surface area is 351 Å². The number of methoxy groups -OCH3 is 1. The molecule has 0 spiro atoms. The van der Waals surface area contributed by atoms with Gasteiger partial charge in [0.15, 0.2) is 0 Å². The molecule has 66 heavy (non-hydrogen) atoms. The van der Waals surface area contributed by atoms with Gasteiger partial charge in [0.1, 0.15) is 0 Å². The van der Waals surface area contributed by atoms with Crippen LogP contribution < -0.4 is 0 Å². The average molecular weight is 1080 g/mol. The van der Waals surface area contributed by atoms with Crippen molar-refractivity contribution in [3.05, 3.63) is 0 Å². The van der Waals surface area contributed by atoms with Gasteiger partial charge in [-0.2, -0.15) is 132 Å². The van der Waals surface area contributed by atoms with E-state index in [-0.39, 0.29) is 36.1 Å². The summed E-state index contributed by atoms with van der Waals surface area (Å²) in [5.74, 6) is -91.1. The van der Waals surface area contributed by atoms with E-state index in [1.54, 1.807) is 0 Å². The van der Waals surface area contributed by atoms with Crippen LogP contribution in [0.3, 0.4) is 0 Å². The summed E-state index contributed by atoms with van der Waals surface area (Å²) < 4.78 is 425. The minimum absolute atomic E-state index is 0. The molecule has 0 aromatic rings. The Morgan fingerprint density at radius 1 is 0.318 bits per heavy atom. The van der Waals surface area contributed by atoms with Crippen molar-refractivity contribution in [1.82, 2.24) is 0 Å². The molecule has 0 unspecified atom stereocenters. The largest absolute Gasteiger partial charge is 0.460 e. The minimum Gasteiger partial charge on any atom is -0.396 e. The van der Waals surface area contributed by atoms with Gasteiger partial charge in [0.05, 0.1) is 6.61 Å². The van der Waals surface area contributed by atoms with Crippen LogP contribution in [0.5, 0.6) is 0 Å². The van der Waals surface area contributed by atoms with E-state index in [9.17, 15) is 149 Å². The molecule has 0 atom stereocenters. The van der Waals surface area contributed by atoms with Crippen molar-refractivity contribution in [2.75, 3.05) is 20.3 Å². The zero-order chi connectivity index (χ0) is 52.9. The fourth-order valence-electron chi connectivity index (χ4n) is 2.77. The molecular weight excluding hydrogens is 1040 g/mol. The van der Waals surface area contributed by atoms with Gasteiger partial charge in [0, 0.05) is 53.2 Å². The molecule has 0 heterocycles. The zero-order valence-corrected chi connectivity index (χ0v) is 30.9. The summed E-state index contributed by atoms with van der Waals surface area (Å²) in [6.07, 6.45) is -20.8. The molecule has 0 rings (SSSR count). The predicted molar refractivity (Wildman–Crippen MR) is 162 cm³/mol. The van der Waals surface area contributed by atoms with Crippen molar-refractivity contribution >= 4 is 0 Å². The normalized spacial score (nSPS) is 14.7. The van der Waals surface area contributed by atoms with Crippen LogP contribution in [-0.2, 0) is 4.74 Å². The highest BCUT2D eigenvalue weighted by molar-refractivity contribution is 5.15. The highest BCUT2D eigenvalue weighted by Gasteiger charge is 2.95. The molecule has 36 heteroatoms. The SMILES string of the molecule is C.C.C.CC(F)(F)C(C)(F)F.CCC(F)(F)C(F)(F)C(F)(F)C(F)(F)CC.COCCC(F)(F)C(F)(F)C(F)(F)C(F)(F)C(F)(F)C(F)(F)C(F)(F)C(F)(F)F.OCCC(F)(F)C(F)(F)F. The summed E-state index contributed by atoms with van der Waals surface area (Å²) in [4.78, 5) is 0. The Bertz CT molecular complexity index is 1330. The summed E-state index contributed by atoms with van der Waals surface area (Å²) in [6, 6.07) is 0. The molecular formula is C30H40F34O2. The van der Waals surface area contributed by atoms with E-state index in [1.807, 2.05) is 0 Å². The second-order valence-electron chi connectivity index (χ2n) is 12.1. The van der Waals surface area contributed by atoms with Crippen LogP contribution in [0.1, 0.15) is 75.7 Å². The van der Waals surface area contributed by atoms with Crippen molar-refractivity contribution in [2.24, 2.45) is 0 Å². The molecule has 0 radical (unpaired) electrons. The van der Waals surface area contributed by atoms with Gasteiger partial charge >= 0.3 is 95.3 Å². The van der Waals surface area contributed by atoms with Crippen LogP contribution in [-0.4, -0.2) is 121 Å². The van der Waals surface area contributed by atoms with E-state index in [0.29, 0.717) is 21.0 Å². The maximum absolute atomic E-state index is 13.3. The van der Waals surface area contributed by atoms with Crippen LogP contribution >= 0.6 is 0 Å². The van der Waals surface area contributed by atoms with Gasteiger partial charge in [-0.05, 0) is 0 Å². The lowest BCUT2D eigenvalue weighted by Crippen LogP contribution is -2.74. The number of hydrogen-bond acceptors (Lipinski definition) is 2. The van der Waals surface area contributed by atoms with E-state index in [0.717, 1.165) is 0 Å². The summed E-state index contributed by atoms with van der Waals surface area (Å²) >= 11 is 0. The average Bonchev–Trinajstić information content (AvgIpc) is 3.05. The van der Waals surface area contributed by atoms with E-state index in [2.05, 4.69) is 4.74 Å². The maximum Gasteiger partial charge on any atom is 0.460 e. The van der Waals surface area contributed by atoms with Crippen LogP contribution in [0.4, 0.5) is 149 Å². The molecule has 0 aliphatic heterocycles. The number of hydrogen-bond donors (Lipinski definition) is 1. The van der Waals surface area contributed by atoms with Gasteiger partial charge in [-0.3, -0.25) is 0 Å². The Balaban J connectivity index is -0.000000158. The quantitative estimate of drug-likeness (QED) is 0.147. The molecule has 0 bridgehead atoms. The van der Waals surface area contributed by atoms with Crippen molar-refractivity contribution in [1.29, 1.82) is 0 Å². The van der Waals surface area contributed by atoms with Crippen molar-refractivity contribution < 1.29 is 159 Å². The number of alkyl halides is 34. The van der Waals surface area contributed by atoms with Crippen LogP contribution in [0.15, 0.2) is 0 Å². The first-order valence-electron chi connectivity index (χ1n) is 15.3. The lowest BCUT2D eigenvalue weighted by molar-refractivity contribution is -0.462. The van der Waals surface area contributed by atoms with Crippen LogP contribution in [0.25, 0.3) is 0 Å². The highest BCUT2D eigenvalue weighted by atomic mass is 19.4. The lowest BCUT2D eigenvalue weighted by Gasteiger charge is -2.42. The number of ether oxygens (including phenoxy) is 1. The lowest BCUT2D eigenvalue weighted by atomic mass is 9.88. The van der Waals surface area contributed by atoms with Crippen LogP contribution in [0.2, 0.25) is 0 Å². The summed E-state index contributed by atoms with van der Waals surface area (Å²) in [5, 5.41) is 7.79. The van der Waals surface area contributed by atoms with Gasteiger partial charge < -0.3 is 9.84 Å². The van der Waals surface area contributed by atoms with E-state index >= 15 is 0 Å². The number of aliphatic hydroxyl groups is 1. The Morgan fingerprint density at radius 3 is 0.712 bits per heavy atom. The minimum atomic E-state index is -8.59. The molecule has 0 aromatic carbocycles. The smallest absolute Gasteiger partial charge is 0.396 e. The molecule has 0 amide bonds. The highest BCUT2D eigenvalue weighted by Crippen LogP contribution is 2.64.